The first-order chi connectivity index (χ1) is 14.0. The van der Waals surface area contributed by atoms with Crippen molar-refractivity contribution in [2.45, 2.75) is 54.7 Å². The minimum Gasteiger partial charge on any atom is -0.496 e. The molecule has 0 aliphatic carbocycles. The first kappa shape index (κ1) is 22.0. The Morgan fingerprint density at radius 1 is 1.28 bits per heavy atom. The lowest BCUT2D eigenvalue weighted by molar-refractivity contribution is 0.353. The Hall–Kier alpha value is -1.66. The monoisotopic (exact) mass is 432 g/mol. The van der Waals surface area contributed by atoms with Crippen LogP contribution in [0.25, 0.3) is 0 Å². The van der Waals surface area contributed by atoms with E-state index in [-0.39, 0.29) is 5.82 Å². The number of thioether (sulfide) groups is 1. The Morgan fingerprint density at radius 3 is 2.86 bits per heavy atom. The summed E-state index contributed by atoms with van der Waals surface area (Å²) in [6, 6.07) is 11.4. The molecular formula is C23H29FN2OS2. The van der Waals surface area contributed by atoms with E-state index < -0.39 is 0 Å². The highest BCUT2D eigenvalue weighted by molar-refractivity contribution is 7.98. The number of hydrogen-bond donors (Lipinski definition) is 1. The van der Waals surface area contributed by atoms with Crippen molar-refractivity contribution in [3.05, 3.63) is 53.3 Å². The molecule has 156 valence electrons. The minimum atomic E-state index is -0.204. The Labute approximate surface area is 183 Å². The Bertz CT molecular complexity index is 872. The Kier molecular flexibility index (Phi) is 7.90. The van der Waals surface area contributed by atoms with Gasteiger partial charge in [0.2, 0.25) is 0 Å². The van der Waals surface area contributed by atoms with Crippen molar-refractivity contribution in [2.24, 2.45) is 4.99 Å². The van der Waals surface area contributed by atoms with Gasteiger partial charge in [-0.3, -0.25) is 4.99 Å². The van der Waals surface area contributed by atoms with Crippen molar-refractivity contribution < 1.29 is 9.13 Å². The molecule has 2 aromatic carbocycles. The zero-order chi connectivity index (χ0) is 20.8. The van der Waals surface area contributed by atoms with E-state index in [1.165, 1.54) is 30.7 Å². The summed E-state index contributed by atoms with van der Waals surface area (Å²) in [4.78, 5) is 8.63. The summed E-state index contributed by atoms with van der Waals surface area (Å²) < 4.78 is 20.3. The number of amidine groups is 1. The molecule has 1 aliphatic rings. The van der Waals surface area contributed by atoms with E-state index in [2.05, 4.69) is 31.4 Å². The van der Waals surface area contributed by atoms with Gasteiger partial charge in [-0.05, 0) is 43.7 Å². The van der Waals surface area contributed by atoms with Crippen molar-refractivity contribution in [3.63, 3.8) is 0 Å². The average molecular weight is 433 g/mol. The number of methoxy groups -OCH3 is 1. The molecule has 0 saturated heterocycles. The van der Waals surface area contributed by atoms with Crippen molar-refractivity contribution in [3.8, 4) is 5.75 Å². The molecule has 0 bridgehead atoms. The van der Waals surface area contributed by atoms with E-state index in [0.717, 1.165) is 47.1 Å². The van der Waals surface area contributed by atoms with E-state index in [9.17, 15) is 4.39 Å². The second kappa shape index (κ2) is 10.4. The second-order valence-electron chi connectivity index (χ2n) is 7.32. The molecular weight excluding hydrogens is 403 g/mol. The fourth-order valence-electron chi connectivity index (χ4n) is 3.57. The van der Waals surface area contributed by atoms with E-state index >= 15 is 0 Å². The van der Waals surface area contributed by atoms with E-state index in [1.807, 2.05) is 24.3 Å². The van der Waals surface area contributed by atoms with Crippen LogP contribution < -0.4 is 4.74 Å². The lowest BCUT2D eigenvalue weighted by Gasteiger charge is -2.26. The molecule has 3 rings (SSSR count). The van der Waals surface area contributed by atoms with Crippen LogP contribution in [0, 0.1) is 5.82 Å². The molecule has 2 aromatic rings. The number of aliphatic imine (C=N–C) groups is 1. The van der Waals surface area contributed by atoms with Gasteiger partial charge < -0.3 is 9.64 Å². The zero-order valence-corrected chi connectivity index (χ0v) is 19.0. The minimum absolute atomic E-state index is 0.204. The fourth-order valence-corrected chi connectivity index (χ4v) is 4.85. The number of nitrogens with zero attached hydrogens (tertiary/aromatic N) is 2. The van der Waals surface area contributed by atoms with Crippen LogP contribution in [0.4, 0.5) is 4.39 Å². The van der Waals surface area contributed by atoms with Gasteiger partial charge >= 0.3 is 0 Å². The van der Waals surface area contributed by atoms with Crippen LogP contribution in [0.1, 0.15) is 44.2 Å². The molecule has 0 spiro atoms. The average Bonchev–Trinajstić information content (AvgIpc) is 3.07. The van der Waals surface area contributed by atoms with Gasteiger partial charge in [0.05, 0.1) is 18.6 Å². The molecule has 0 N–H and O–H groups in total. The maximum absolute atomic E-state index is 14.9. The molecule has 0 aromatic heterocycles. The van der Waals surface area contributed by atoms with Crippen LogP contribution in [0.15, 0.2) is 51.2 Å². The molecule has 6 heteroatoms. The van der Waals surface area contributed by atoms with Crippen molar-refractivity contribution in [1.82, 2.24) is 4.90 Å². The summed E-state index contributed by atoms with van der Waals surface area (Å²) in [6.45, 7) is 6.12. The highest BCUT2D eigenvalue weighted by Crippen LogP contribution is 2.34. The summed E-state index contributed by atoms with van der Waals surface area (Å²) >= 11 is 5.92. The molecule has 1 heterocycles. The second-order valence-corrected chi connectivity index (χ2v) is 8.82. The number of unbranched alkanes of at least 4 members (excludes halogenated alkanes) is 2. The van der Waals surface area contributed by atoms with Crippen LogP contribution >= 0.6 is 24.4 Å². The molecule has 0 radical (unpaired) electrons. The van der Waals surface area contributed by atoms with Crippen LogP contribution in [0.2, 0.25) is 0 Å². The largest absolute Gasteiger partial charge is 0.496 e. The molecule has 0 amide bonds. The predicted molar refractivity (Wildman–Crippen MR) is 123 cm³/mol. The summed E-state index contributed by atoms with van der Waals surface area (Å²) in [5, 5.41) is 0. The van der Waals surface area contributed by atoms with Gasteiger partial charge in [0.15, 0.2) is 0 Å². The first-order valence-electron chi connectivity index (χ1n) is 10.1. The highest BCUT2D eigenvalue weighted by Gasteiger charge is 2.27. The smallest absolute Gasteiger partial charge is 0.137 e. The van der Waals surface area contributed by atoms with Crippen LogP contribution in [0.3, 0.4) is 0 Å². The number of rotatable bonds is 9. The number of hydrogen-bond acceptors (Lipinski definition) is 5. The normalized spacial score (nSPS) is 16.2. The standard InChI is InChI=1S/C23H29FN2OS2/c1-4-5-6-12-26-16(2)14-25-23(26)19-8-7-9-20(24)22(19)29-15-17-13-18(28)10-11-21(17)27-3/h7-11,13,16,28H,4-6,12,14-15H2,1-3H3. The third-order valence-corrected chi connectivity index (χ3v) is 6.59. The van der Waals surface area contributed by atoms with Crippen molar-refractivity contribution in [1.29, 1.82) is 0 Å². The first-order valence-corrected chi connectivity index (χ1v) is 11.6. The summed E-state index contributed by atoms with van der Waals surface area (Å²) in [6.07, 6.45) is 3.51. The van der Waals surface area contributed by atoms with Gasteiger partial charge in [-0.15, -0.1) is 24.4 Å². The van der Waals surface area contributed by atoms with Gasteiger partial charge in [-0.2, -0.15) is 0 Å². The molecule has 3 nitrogen and oxygen atoms in total. The van der Waals surface area contributed by atoms with Crippen LogP contribution in [0.5, 0.6) is 5.75 Å². The SMILES string of the molecule is CCCCCN1C(c2cccc(F)c2SCc2cc(S)ccc2OC)=NCC1C. The quantitative estimate of drug-likeness (QED) is 0.296. The topological polar surface area (TPSA) is 24.8 Å². The van der Waals surface area contributed by atoms with E-state index in [4.69, 9.17) is 9.73 Å². The highest BCUT2D eigenvalue weighted by atomic mass is 32.2. The van der Waals surface area contributed by atoms with E-state index in [1.54, 1.807) is 13.2 Å². The number of ether oxygens (including phenoxy) is 1. The molecule has 29 heavy (non-hydrogen) atoms. The number of benzene rings is 2. The van der Waals surface area contributed by atoms with Gasteiger partial charge in [-0.25, -0.2) is 4.39 Å². The third-order valence-electron chi connectivity index (χ3n) is 5.16. The molecule has 1 atom stereocenters. The number of thiol groups is 1. The molecule has 1 aliphatic heterocycles. The lowest BCUT2D eigenvalue weighted by atomic mass is 10.1. The zero-order valence-electron chi connectivity index (χ0n) is 17.3. The molecule has 0 saturated carbocycles. The van der Waals surface area contributed by atoms with Crippen LogP contribution in [-0.4, -0.2) is 37.0 Å². The maximum Gasteiger partial charge on any atom is 0.137 e. The molecule has 1 unspecified atom stereocenters. The van der Waals surface area contributed by atoms with Crippen LogP contribution in [-0.2, 0) is 5.75 Å². The van der Waals surface area contributed by atoms with E-state index in [0.29, 0.717) is 16.7 Å². The van der Waals surface area contributed by atoms with Gasteiger partial charge in [0.25, 0.3) is 0 Å². The van der Waals surface area contributed by atoms with Crippen molar-refractivity contribution >= 4 is 30.2 Å². The summed E-state index contributed by atoms with van der Waals surface area (Å²) in [5.74, 6) is 2.11. The Morgan fingerprint density at radius 2 is 2.10 bits per heavy atom. The van der Waals surface area contributed by atoms with Gasteiger partial charge in [0, 0.05) is 34.4 Å². The lowest BCUT2D eigenvalue weighted by Crippen LogP contribution is -2.36. The fraction of sp³-hybridized carbons (Fsp3) is 0.435. The summed E-state index contributed by atoms with van der Waals surface area (Å²) in [5.41, 5.74) is 1.89. The molecule has 0 fully saturated rings. The summed E-state index contributed by atoms with van der Waals surface area (Å²) in [7, 11) is 1.65. The third kappa shape index (κ3) is 5.28. The number of halogens is 1. The predicted octanol–water partition coefficient (Wildman–Crippen LogP) is 6.06. The van der Waals surface area contributed by atoms with Gasteiger partial charge in [0.1, 0.15) is 17.4 Å². The van der Waals surface area contributed by atoms with Crippen molar-refractivity contribution in [2.75, 3.05) is 20.2 Å². The Balaban J connectivity index is 1.85. The maximum atomic E-state index is 14.9. The van der Waals surface area contributed by atoms with Gasteiger partial charge in [-0.1, -0.05) is 25.8 Å².